The summed E-state index contributed by atoms with van der Waals surface area (Å²) in [5.74, 6) is -0.312. The highest BCUT2D eigenvalue weighted by Crippen LogP contribution is 2.10. The summed E-state index contributed by atoms with van der Waals surface area (Å²) in [6.07, 6.45) is 4.65. The summed E-state index contributed by atoms with van der Waals surface area (Å²) in [5, 5.41) is 0. The van der Waals surface area contributed by atoms with Gasteiger partial charge in [-0.25, -0.2) is 0 Å². The van der Waals surface area contributed by atoms with Crippen LogP contribution < -0.4 is 0 Å². The Bertz CT molecular complexity index is 660. The van der Waals surface area contributed by atoms with Crippen LogP contribution in [0.2, 0.25) is 0 Å². The van der Waals surface area contributed by atoms with Crippen molar-refractivity contribution in [2.24, 2.45) is 0 Å². The Morgan fingerprint density at radius 2 is 1.32 bits per heavy atom. The first-order chi connectivity index (χ1) is 13.6. The minimum absolute atomic E-state index is 0.0735. The second-order valence-corrected chi connectivity index (χ2v) is 7.02. The quantitative estimate of drug-likeness (QED) is 0.679. The molecule has 3 rings (SSSR count). The zero-order valence-corrected chi connectivity index (χ0v) is 16.6. The molecule has 0 N–H and O–H groups in total. The monoisotopic (exact) mass is 382 g/mol. The predicted octanol–water partition coefficient (Wildman–Crippen LogP) is 5.09. The lowest BCUT2D eigenvalue weighted by Crippen LogP contribution is -2.17. The molecule has 1 unspecified atom stereocenters. The molecule has 4 nitrogen and oxygen atoms in total. The number of cyclic esters (lactones) is 2. The third-order valence-electron chi connectivity index (χ3n) is 4.46. The van der Waals surface area contributed by atoms with Crippen molar-refractivity contribution in [2.75, 3.05) is 6.61 Å². The van der Waals surface area contributed by atoms with Crippen molar-refractivity contribution in [3.05, 3.63) is 71.8 Å². The van der Waals surface area contributed by atoms with Crippen LogP contribution in [0.5, 0.6) is 0 Å². The molecule has 2 aromatic rings. The standard InChI is InChI=1S/C13H12.C11H18O4/c1-3-7-12(8-4-1)11-13-9-5-2-6-10-13;1-9-5-4-8-14-10(12)6-2-3-7-11(13)15-9/h1-10H,11H2;9H,2-8H2,1H3. The van der Waals surface area contributed by atoms with Crippen LogP contribution in [0.4, 0.5) is 0 Å². The molecule has 0 aliphatic carbocycles. The topological polar surface area (TPSA) is 52.6 Å². The number of hydrogen-bond acceptors (Lipinski definition) is 4. The molecule has 1 saturated heterocycles. The van der Waals surface area contributed by atoms with Crippen LogP contribution in [-0.2, 0) is 25.5 Å². The van der Waals surface area contributed by atoms with Crippen LogP contribution >= 0.6 is 0 Å². The lowest BCUT2D eigenvalue weighted by Gasteiger charge is -2.14. The van der Waals surface area contributed by atoms with E-state index in [1.54, 1.807) is 0 Å². The average molecular weight is 383 g/mol. The first-order valence-corrected chi connectivity index (χ1v) is 10.1. The molecule has 0 saturated carbocycles. The summed E-state index contributed by atoms with van der Waals surface area (Å²) in [7, 11) is 0. The maximum absolute atomic E-state index is 11.3. The highest BCUT2D eigenvalue weighted by Gasteiger charge is 2.12. The van der Waals surface area contributed by atoms with Gasteiger partial charge < -0.3 is 9.47 Å². The van der Waals surface area contributed by atoms with Crippen molar-refractivity contribution >= 4 is 11.9 Å². The SMILES string of the molecule is CC1CCCOC(=O)CCCCC(=O)O1.c1ccc(Cc2ccccc2)cc1. The van der Waals surface area contributed by atoms with E-state index in [0.717, 1.165) is 19.3 Å². The molecule has 0 aromatic heterocycles. The van der Waals surface area contributed by atoms with Gasteiger partial charge in [-0.1, -0.05) is 60.7 Å². The zero-order valence-electron chi connectivity index (χ0n) is 16.6. The fourth-order valence-electron chi connectivity index (χ4n) is 2.94. The number of hydrogen-bond donors (Lipinski definition) is 0. The second kappa shape index (κ2) is 12.7. The third-order valence-corrected chi connectivity index (χ3v) is 4.46. The number of ether oxygens (including phenoxy) is 2. The molecule has 4 heteroatoms. The van der Waals surface area contributed by atoms with Crippen molar-refractivity contribution in [2.45, 2.75) is 58.0 Å². The van der Waals surface area contributed by atoms with Crippen molar-refractivity contribution in [3.8, 4) is 0 Å². The summed E-state index contributed by atoms with van der Waals surface area (Å²) < 4.78 is 10.2. The molecule has 0 amide bonds. The Balaban J connectivity index is 0.000000202. The Hall–Kier alpha value is -2.62. The Kier molecular flexibility index (Phi) is 9.84. The van der Waals surface area contributed by atoms with Crippen LogP contribution in [0.15, 0.2) is 60.7 Å². The van der Waals surface area contributed by atoms with E-state index in [9.17, 15) is 9.59 Å². The van der Waals surface area contributed by atoms with Crippen LogP contribution in [0.1, 0.15) is 56.6 Å². The van der Waals surface area contributed by atoms with E-state index in [1.165, 1.54) is 11.1 Å². The Morgan fingerprint density at radius 3 is 1.89 bits per heavy atom. The van der Waals surface area contributed by atoms with Crippen LogP contribution in [0.3, 0.4) is 0 Å². The van der Waals surface area contributed by atoms with Gasteiger partial charge in [0.05, 0.1) is 12.7 Å². The summed E-state index contributed by atoms with van der Waals surface area (Å²) in [6.45, 7) is 2.30. The third kappa shape index (κ3) is 9.36. The number of carbonyl (C=O) groups is 2. The van der Waals surface area contributed by atoms with Crippen LogP contribution in [0, 0.1) is 0 Å². The number of benzene rings is 2. The predicted molar refractivity (Wildman–Crippen MR) is 110 cm³/mol. The summed E-state index contributed by atoms with van der Waals surface area (Å²) in [6, 6.07) is 21.1. The van der Waals surface area contributed by atoms with E-state index in [2.05, 4.69) is 60.7 Å². The Morgan fingerprint density at radius 1 is 0.786 bits per heavy atom. The van der Waals surface area contributed by atoms with Gasteiger partial charge in [0.25, 0.3) is 0 Å². The van der Waals surface area contributed by atoms with E-state index < -0.39 is 0 Å². The molecule has 2 aromatic carbocycles. The van der Waals surface area contributed by atoms with E-state index in [-0.39, 0.29) is 18.0 Å². The number of carbonyl (C=O) groups excluding carboxylic acids is 2. The van der Waals surface area contributed by atoms with Crippen molar-refractivity contribution in [1.82, 2.24) is 0 Å². The van der Waals surface area contributed by atoms with E-state index in [1.807, 2.05) is 6.92 Å². The summed E-state index contributed by atoms with van der Waals surface area (Å²) in [4.78, 5) is 22.4. The van der Waals surface area contributed by atoms with Gasteiger partial charge >= 0.3 is 11.9 Å². The lowest BCUT2D eigenvalue weighted by molar-refractivity contribution is -0.151. The molecule has 28 heavy (non-hydrogen) atoms. The van der Waals surface area contributed by atoms with E-state index in [4.69, 9.17) is 9.47 Å². The first kappa shape index (κ1) is 21.7. The molecule has 0 spiro atoms. The summed E-state index contributed by atoms with van der Waals surface area (Å²) >= 11 is 0. The minimum atomic E-state index is -0.156. The normalized spacial score (nSPS) is 18.4. The van der Waals surface area contributed by atoms with Gasteiger partial charge in [-0.2, -0.15) is 0 Å². The fraction of sp³-hybridized carbons (Fsp3) is 0.417. The average Bonchev–Trinajstić information content (AvgIpc) is 2.70. The largest absolute Gasteiger partial charge is 0.466 e. The van der Waals surface area contributed by atoms with E-state index >= 15 is 0 Å². The van der Waals surface area contributed by atoms with Gasteiger partial charge in [0.1, 0.15) is 0 Å². The molecule has 1 fully saturated rings. The van der Waals surface area contributed by atoms with Gasteiger partial charge in [-0.3, -0.25) is 9.59 Å². The molecule has 1 aliphatic heterocycles. The van der Waals surface area contributed by atoms with Crippen molar-refractivity contribution in [3.63, 3.8) is 0 Å². The first-order valence-electron chi connectivity index (χ1n) is 10.1. The number of esters is 2. The Labute approximate surface area is 167 Å². The van der Waals surface area contributed by atoms with Gasteiger partial charge in [0.2, 0.25) is 0 Å². The fourth-order valence-corrected chi connectivity index (χ4v) is 2.94. The highest BCUT2D eigenvalue weighted by atomic mass is 16.5. The molecular formula is C24H30O4. The van der Waals surface area contributed by atoms with Crippen molar-refractivity contribution < 1.29 is 19.1 Å². The zero-order chi connectivity index (χ0) is 20.0. The highest BCUT2D eigenvalue weighted by molar-refractivity contribution is 5.70. The van der Waals surface area contributed by atoms with Gasteiger partial charge in [0.15, 0.2) is 0 Å². The number of rotatable bonds is 2. The van der Waals surface area contributed by atoms with Gasteiger partial charge in [-0.15, -0.1) is 0 Å². The van der Waals surface area contributed by atoms with Crippen LogP contribution in [0.25, 0.3) is 0 Å². The van der Waals surface area contributed by atoms with E-state index in [0.29, 0.717) is 32.3 Å². The maximum atomic E-state index is 11.3. The van der Waals surface area contributed by atoms with Crippen LogP contribution in [-0.4, -0.2) is 24.6 Å². The lowest BCUT2D eigenvalue weighted by atomic mass is 10.1. The molecule has 1 atom stereocenters. The van der Waals surface area contributed by atoms with Crippen molar-refractivity contribution in [1.29, 1.82) is 0 Å². The summed E-state index contributed by atoms with van der Waals surface area (Å²) in [5.41, 5.74) is 2.74. The molecule has 1 aliphatic rings. The second-order valence-electron chi connectivity index (χ2n) is 7.02. The smallest absolute Gasteiger partial charge is 0.306 e. The molecule has 0 bridgehead atoms. The molecule has 0 radical (unpaired) electrons. The van der Waals surface area contributed by atoms with Gasteiger partial charge in [-0.05, 0) is 50.2 Å². The molecule has 150 valence electrons. The molecule has 1 heterocycles. The van der Waals surface area contributed by atoms with Gasteiger partial charge in [0, 0.05) is 12.8 Å². The molecular weight excluding hydrogens is 352 g/mol. The maximum Gasteiger partial charge on any atom is 0.306 e. The minimum Gasteiger partial charge on any atom is -0.466 e.